The number of amides is 2. The third-order valence-corrected chi connectivity index (χ3v) is 4.79. The lowest BCUT2D eigenvalue weighted by Crippen LogP contribution is -2.54. The van der Waals surface area contributed by atoms with E-state index in [0.29, 0.717) is 16.6 Å². The molecule has 10 nitrogen and oxygen atoms in total. The third kappa shape index (κ3) is 3.31. The van der Waals surface area contributed by atoms with Crippen molar-refractivity contribution in [1.29, 1.82) is 0 Å². The molecule has 0 aromatic carbocycles. The van der Waals surface area contributed by atoms with Crippen LogP contribution >= 0.6 is 11.3 Å². The Morgan fingerprint density at radius 1 is 1.33 bits per heavy atom. The van der Waals surface area contributed by atoms with Crippen LogP contribution in [-0.4, -0.2) is 39.7 Å². The van der Waals surface area contributed by atoms with Gasteiger partial charge in [-0.25, -0.2) is 4.98 Å². The average Bonchev–Trinajstić information content (AvgIpc) is 3.34. The Hall–Kier alpha value is -3.47. The van der Waals surface area contributed by atoms with Crippen molar-refractivity contribution in [2.45, 2.75) is 0 Å². The van der Waals surface area contributed by atoms with E-state index < -0.39 is 16.7 Å². The second kappa shape index (κ2) is 6.68. The molecule has 4 rings (SSSR count). The van der Waals surface area contributed by atoms with E-state index in [2.05, 4.69) is 10.3 Å². The van der Waals surface area contributed by atoms with Crippen molar-refractivity contribution in [2.75, 3.05) is 18.4 Å². The maximum atomic E-state index is 12.3. The molecule has 27 heavy (non-hydrogen) atoms. The van der Waals surface area contributed by atoms with Crippen molar-refractivity contribution in [3.05, 3.63) is 51.8 Å². The summed E-state index contributed by atoms with van der Waals surface area (Å²) in [4.78, 5) is 40.0. The van der Waals surface area contributed by atoms with Gasteiger partial charge in [0.1, 0.15) is 10.6 Å². The summed E-state index contributed by atoms with van der Waals surface area (Å²) in [5.74, 6) is -1.12. The first-order valence-corrected chi connectivity index (χ1v) is 8.73. The van der Waals surface area contributed by atoms with Gasteiger partial charge in [0.05, 0.1) is 18.2 Å². The minimum Gasteiger partial charge on any atom is -0.463 e. The van der Waals surface area contributed by atoms with Gasteiger partial charge in [-0.2, -0.15) is 0 Å². The summed E-state index contributed by atoms with van der Waals surface area (Å²) in [6.07, 6.45) is 1.54. The topological polar surface area (TPSA) is 132 Å². The van der Waals surface area contributed by atoms with E-state index >= 15 is 0 Å². The number of rotatable bonds is 5. The first-order chi connectivity index (χ1) is 13.0. The van der Waals surface area contributed by atoms with E-state index in [1.54, 1.807) is 23.8 Å². The monoisotopic (exact) mass is 388 g/mol. The van der Waals surface area contributed by atoms with Gasteiger partial charge in [0.2, 0.25) is 5.91 Å². The minimum absolute atomic E-state index is 0.122. The lowest BCUT2D eigenvalue weighted by Gasteiger charge is -2.37. The summed E-state index contributed by atoms with van der Waals surface area (Å²) in [5.41, 5.74) is 0.630. The molecule has 0 bridgehead atoms. The van der Waals surface area contributed by atoms with Gasteiger partial charge in [-0.05, 0) is 18.2 Å². The second-order valence-electron chi connectivity index (χ2n) is 5.81. The second-order valence-corrected chi connectivity index (χ2v) is 6.66. The van der Waals surface area contributed by atoms with Crippen molar-refractivity contribution < 1.29 is 23.3 Å². The van der Waals surface area contributed by atoms with Gasteiger partial charge in [-0.15, -0.1) is 11.3 Å². The Bertz CT molecular complexity index is 1000. The number of likely N-dealkylation sites (tertiary alicyclic amines) is 1. The molecule has 11 heteroatoms. The molecule has 3 aromatic heterocycles. The van der Waals surface area contributed by atoms with Crippen molar-refractivity contribution in [3.8, 4) is 11.5 Å². The van der Waals surface area contributed by atoms with Gasteiger partial charge in [-0.3, -0.25) is 19.7 Å². The zero-order valence-corrected chi connectivity index (χ0v) is 14.5. The molecule has 0 radical (unpaired) electrons. The summed E-state index contributed by atoms with van der Waals surface area (Å²) >= 11 is 1.28. The van der Waals surface area contributed by atoms with E-state index in [0.717, 1.165) is 6.07 Å². The summed E-state index contributed by atoms with van der Waals surface area (Å²) < 4.78 is 10.1. The van der Waals surface area contributed by atoms with Gasteiger partial charge in [0.25, 0.3) is 5.91 Å². The molecule has 0 saturated carbocycles. The number of hydrogen-bond acceptors (Lipinski definition) is 8. The molecule has 1 N–H and O–H groups in total. The van der Waals surface area contributed by atoms with Gasteiger partial charge in [-0.1, -0.05) is 0 Å². The van der Waals surface area contributed by atoms with E-state index in [1.807, 2.05) is 0 Å². The molecular weight excluding hydrogens is 376 g/mol. The van der Waals surface area contributed by atoms with E-state index in [1.165, 1.54) is 22.3 Å². The molecule has 1 aliphatic rings. The maximum Gasteiger partial charge on any atom is 0.433 e. The predicted octanol–water partition coefficient (Wildman–Crippen LogP) is 2.62. The van der Waals surface area contributed by atoms with Gasteiger partial charge >= 0.3 is 5.88 Å². The molecule has 4 heterocycles. The molecule has 2 amide bonds. The summed E-state index contributed by atoms with van der Waals surface area (Å²) in [5, 5.41) is 15.5. The molecule has 1 fully saturated rings. The van der Waals surface area contributed by atoms with Gasteiger partial charge < -0.3 is 19.1 Å². The van der Waals surface area contributed by atoms with Crippen LogP contribution in [0.2, 0.25) is 0 Å². The van der Waals surface area contributed by atoms with Crippen LogP contribution in [0.25, 0.3) is 11.5 Å². The third-order valence-electron chi connectivity index (χ3n) is 4.03. The Morgan fingerprint density at radius 2 is 2.15 bits per heavy atom. The molecule has 0 spiro atoms. The van der Waals surface area contributed by atoms with E-state index in [-0.39, 0.29) is 30.7 Å². The van der Waals surface area contributed by atoms with Crippen molar-refractivity contribution in [1.82, 2.24) is 9.88 Å². The Kier molecular flexibility index (Phi) is 4.20. The molecule has 0 aliphatic carbocycles. The lowest BCUT2D eigenvalue weighted by atomic mass is 9.99. The largest absolute Gasteiger partial charge is 0.463 e. The van der Waals surface area contributed by atoms with Crippen LogP contribution in [0.15, 0.2) is 44.7 Å². The summed E-state index contributed by atoms with van der Waals surface area (Å²) in [6.45, 7) is 0.408. The fraction of sp³-hybridized carbons (Fsp3) is 0.188. The highest BCUT2D eigenvalue weighted by Crippen LogP contribution is 2.27. The molecule has 1 saturated heterocycles. The number of carbonyl (C=O) groups excluding carboxylic acids is 2. The average molecular weight is 388 g/mol. The summed E-state index contributed by atoms with van der Waals surface area (Å²) in [6, 6.07) is 5.89. The number of aromatic nitrogens is 1. The zero-order valence-electron chi connectivity index (χ0n) is 13.7. The highest BCUT2D eigenvalue weighted by atomic mass is 32.1. The van der Waals surface area contributed by atoms with Crippen molar-refractivity contribution in [3.63, 3.8) is 0 Å². The smallest absolute Gasteiger partial charge is 0.433 e. The number of anilines is 1. The molecular formula is C16H12N4O6S. The number of nitrogens with one attached hydrogen (secondary N) is 1. The van der Waals surface area contributed by atoms with Crippen molar-refractivity contribution >= 4 is 34.2 Å². The Morgan fingerprint density at radius 3 is 2.81 bits per heavy atom. The first kappa shape index (κ1) is 17.0. The minimum atomic E-state index is -0.714. The molecule has 1 aliphatic heterocycles. The van der Waals surface area contributed by atoms with Gasteiger partial charge in [0, 0.05) is 18.5 Å². The first-order valence-electron chi connectivity index (χ1n) is 7.85. The van der Waals surface area contributed by atoms with E-state index in [9.17, 15) is 19.7 Å². The van der Waals surface area contributed by atoms with Crippen LogP contribution < -0.4 is 5.32 Å². The Balaban J connectivity index is 1.32. The SMILES string of the molecule is O=C(Nc1nc(-c2ccco2)cs1)C1CN(C(=O)c2ccc([N+](=O)[O-])o2)C1. The predicted molar refractivity (Wildman–Crippen MR) is 93.2 cm³/mol. The zero-order chi connectivity index (χ0) is 19.0. The normalized spacial score (nSPS) is 14.0. The van der Waals surface area contributed by atoms with Crippen molar-refractivity contribution in [2.24, 2.45) is 5.92 Å². The van der Waals surface area contributed by atoms with E-state index in [4.69, 9.17) is 8.83 Å². The fourth-order valence-electron chi connectivity index (χ4n) is 2.58. The van der Waals surface area contributed by atoms with Crippen LogP contribution in [0.5, 0.6) is 0 Å². The molecule has 138 valence electrons. The number of furan rings is 2. The number of hydrogen-bond donors (Lipinski definition) is 1. The highest BCUT2D eigenvalue weighted by Gasteiger charge is 2.37. The number of thiazole rings is 1. The van der Waals surface area contributed by atoms with Crippen LogP contribution in [-0.2, 0) is 4.79 Å². The molecule has 0 unspecified atom stereocenters. The van der Waals surface area contributed by atoms with Crippen LogP contribution in [0, 0.1) is 16.0 Å². The fourth-order valence-corrected chi connectivity index (χ4v) is 3.29. The number of carbonyl (C=O) groups is 2. The van der Waals surface area contributed by atoms with Crippen LogP contribution in [0.1, 0.15) is 10.6 Å². The van der Waals surface area contributed by atoms with Crippen LogP contribution in [0.4, 0.5) is 11.0 Å². The number of nitrogens with zero attached hydrogens (tertiary/aromatic N) is 3. The van der Waals surface area contributed by atoms with Crippen LogP contribution in [0.3, 0.4) is 0 Å². The van der Waals surface area contributed by atoms with Gasteiger partial charge in [0.15, 0.2) is 16.7 Å². The highest BCUT2D eigenvalue weighted by molar-refractivity contribution is 7.14. The number of nitro groups is 1. The standard InChI is InChI=1S/C16H12N4O6S/c21-14(18-16-17-10(8-27-16)11-2-1-5-25-11)9-6-19(7-9)15(22)12-3-4-13(26-12)20(23)24/h1-5,8-9H,6-7H2,(H,17,18,21). The maximum absolute atomic E-state index is 12.3. The Labute approximate surface area is 155 Å². The molecule has 3 aromatic rings. The molecule has 0 atom stereocenters. The quantitative estimate of drug-likeness (QED) is 0.525. The summed E-state index contributed by atoms with van der Waals surface area (Å²) in [7, 11) is 0. The lowest BCUT2D eigenvalue weighted by molar-refractivity contribution is -0.402.